The zero-order valence-corrected chi connectivity index (χ0v) is 15.2. The molecule has 3 nitrogen and oxygen atoms in total. The molecule has 0 saturated carbocycles. The average Bonchev–Trinajstić information content (AvgIpc) is 2.89. The Morgan fingerprint density at radius 3 is 2.56 bits per heavy atom. The zero-order chi connectivity index (χ0) is 17.6. The normalized spacial score (nSPS) is 20.8. The van der Waals surface area contributed by atoms with Crippen LogP contribution >= 0.6 is 0 Å². The largest absolute Gasteiger partial charge is 0.296 e. The van der Waals surface area contributed by atoms with Crippen molar-refractivity contribution in [2.24, 2.45) is 0 Å². The van der Waals surface area contributed by atoms with Crippen molar-refractivity contribution in [1.29, 1.82) is 0 Å². The molecule has 2 aromatic carbocycles. The molecular formula is C20H22FNO2S. The number of sulfone groups is 1. The van der Waals surface area contributed by atoms with Gasteiger partial charge in [0.25, 0.3) is 0 Å². The molecule has 1 aliphatic carbocycles. The first kappa shape index (κ1) is 16.7. The Hall–Kier alpha value is -1.72. The third-order valence-corrected chi connectivity index (χ3v) is 6.68. The minimum Gasteiger partial charge on any atom is -0.296 e. The van der Waals surface area contributed by atoms with Crippen LogP contribution in [0.2, 0.25) is 0 Å². The standard InChI is InChI=1S/C20H22FNO2S/c1-25(23,24)16-6-5-14-9-11-22(12-10-15(14)13-16)20-8-7-17-18(20)3-2-4-19(17)21/h2-6,13,20H,7-12H2,1H3. The summed E-state index contributed by atoms with van der Waals surface area (Å²) in [4.78, 5) is 2.83. The lowest BCUT2D eigenvalue weighted by molar-refractivity contribution is 0.206. The first-order valence-electron chi connectivity index (χ1n) is 8.76. The molecule has 4 rings (SSSR count). The van der Waals surface area contributed by atoms with Gasteiger partial charge in [-0.2, -0.15) is 0 Å². The Kier molecular flexibility index (Phi) is 4.16. The average molecular weight is 359 g/mol. The van der Waals surface area contributed by atoms with E-state index in [9.17, 15) is 12.8 Å². The van der Waals surface area contributed by atoms with E-state index < -0.39 is 9.84 Å². The molecule has 0 amide bonds. The van der Waals surface area contributed by atoms with Gasteiger partial charge >= 0.3 is 0 Å². The highest BCUT2D eigenvalue weighted by molar-refractivity contribution is 7.90. The van der Waals surface area contributed by atoms with Crippen molar-refractivity contribution in [2.45, 2.75) is 36.6 Å². The molecule has 5 heteroatoms. The summed E-state index contributed by atoms with van der Waals surface area (Å²) < 4.78 is 37.6. The lowest BCUT2D eigenvalue weighted by atomic mass is 10.0. The lowest BCUT2D eigenvalue weighted by Crippen LogP contribution is -2.30. The molecule has 0 N–H and O–H groups in total. The Bertz CT molecular complexity index is 923. The molecular weight excluding hydrogens is 337 g/mol. The maximum atomic E-state index is 14.0. The number of hydrogen-bond donors (Lipinski definition) is 0. The SMILES string of the molecule is CS(=O)(=O)c1ccc2c(c1)CCN(C1CCc3c(F)cccc31)CC2. The summed E-state index contributed by atoms with van der Waals surface area (Å²) >= 11 is 0. The number of benzene rings is 2. The molecule has 2 aromatic rings. The number of halogens is 1. The van der Waals surface area contributed by atoms with E-state index in [1.54, 1.807) is 18.2 Å². The van der Waals surface area contributed by atoms with E-state index in [-0.39, 0.29) is 11.9 Å². The van der Waals surface area contributed by atoms with Gasteiger partial charge in [-0.3, -0.25) is 4.90 Å². The van der Waals surface area contributed by atoms with Crippen molar-refractivity contribution in [3.8, 4) is 0 Å². The molecule has 1 aliphatic heterocycles. The van der Waals surface area contributed by atoms with Gasteiger partial charge in [0.2, 0.25) is 0 Å². The van der Waals surface area contributed by atoms with Crippen LogP contribution in [0.1, 0.15) is 34.7 Å². The fourth-order valence-corrected chi connectivity index (χ4v) is 4.90. The van der Waals surface area contributed by atoms with Crippen LogP contribution in [0.5, 0.6) is 0 Å². The minimum atomic E-state index is -3.18. The number of fused-ring (bicyclic) bond motifs is 2. The highest BCUT2D eigenvalue weighted by atomic mass is 32.2. The molecule has 1 heterocycles. The first-order valence-corrected chi connectivity index (χ1v) is 10.7. The third kappa shape index (κ3) is 3.11. The van der Waals surface area contributed by atoms with E-state index in [2.05, 4.69) is 11.0 Å². The number of rotatable bonds is 2. The second kappa shape index (κ2) is 6.22. The summed E-state index contributed by atoms with van der Waals surface area (Å²) in [6.45, 7) is 1.80. The fraction of sp³-hybridized carbons (Fsp3) is 0.400. The van der Waals surface area contributed by atoms with Gasteiger partial charge in [-0.15, -0.1) is 0 Å². The summed E-state index contributed by atoms with van der Waals surface area (Å²) in [5.74, 6) is -0.0871. The fourth-order valence-electron chi connectivity index (χ4n) is 4.23. The van der Waals surface area contributed by atoms with E-state index in [1.165, 1.54) is 11.8 Å². The Labute approximate surface area is 148 Å². The van der Waals surface area contributed by atoms with Crippen molar-refractivity contribution in [3.05, 3.63) is 64.5 Å². The van der Waals surface area contributed by atoms with E-state index in [0.29, 0.717) is 4.90 Å². The molecule has 0 aromatic heterocycles. The third-order valence-electron chi connectivity index (χ3n) is 5.57. The van der Waals surface area contributed by atoms with Crippen LogP contribution in [0.3, 0.4) is 0 Å². The van der Waals surface area contributed by atoms with Crippen LogP contribution in [0.15, 0.2) is 41.3 Å². The minimum absolute atomic E-state index is 0.0871. The monoisotopic (exact) mass is 359 g/mol. The molecule has 0 spiro atoms. The summed E-state index contributed by atoms with van der Waals surface area (Å²) in [7, 11) is -3.18. The van der Waals surface area contributed by atoms with Crippen molar-refractivity contribution in [3.63, 3.8) is 0 Å². The van der Waals surface area contributed by atoms with E-state index in [4.69, 9.17) is 0 Å². The molecule has 1 atom stereocenters. The molecule has 2 aliphatic rings. The lowest BCUT2D eigenvalue weighted by Gasteiger charge is -2.28. The van der Waals surface area contributed by atoms with Crippen LogP contribution in [0.4, 0.5) is 4.39 Å². The van der Waals surface area contributed by atoms with Gasteiger partial charge in [-0.1, -0.05) is 18.2 Å². The van der Waals surface area contributed by atoms with Crippen molar-refractivity contribution >= 4 is 9.84 Å². The maximum absolute atomic E-state index is 14.0. The molecule has 1 unspecified atom stereocenters. The van der Waals surface area contributed by atoms with Crippen LogP contribution in [0, 0.1) is 5.82 Å². The van der Waals surface area contributed by atoms with Gasteiger partial charge in [0.1, 0.15) is 5.82 Å². The van der Waals surface area contributed by atoms with Gasteiger partial charge < -0.3 is 0 Å². The van der Waals surface area contributed by atoms with E-state index in [0.717, 1.165) is 55.5 Å². The Morgan fingerprint density at radius 2 is 1.80 bits per heavy atom. The topological polar surface area (TPSA) is 37.4 Å². The van der Waals surface area contributed by atoms with E-state index >= 15 is 0 Å². The number of nitrogens with zero attached hydrogens (tertiary/aromatic N) is 1. The Balaban J connectivity index is 1.58. The van der Waals surface area contributed by atoms with Crippen molar-refractivity contribution in [1.82, 2.24) is 4.90 Å². The maximum Gasteiger partial charge on any atom is 0.175 e. The second-order valence-corrected chi connectivity index (χ2v) is 9.12. The summed E-state index contributed by atoms with van der Waals surface area (Å²) in [5.41, 5.74) is 4.35. The quantitative estimate of drug-likeness (QED) is 0.825. The van der Waals surface area contributed by atoms with E-state index in [1.807, 2.05) is 12.1 Å². The second-order valence-electron chi connectivity index (χ2n) is 7.10. The van der Waals surface area contributed by atoms with Crippen LogP contribution < -0.4 is 0 Å². The summed E-state index contributed by atoms with van der Waals surface area (Å²) in [6, 6.07) is 11.2. The number of hydrogen-bond acceptors (Lipinski definition) is 3. The van der Waals surface area contributed by atoms with Gasteiger partial charge in [0.05, 0.1) is 4.90 Å². The molecule has 25 heavy (non-hydrogen) atoms. The van der Waals surface area contributed by atoms with Crippen LogP contribution in [-0.4, -0.2) is 32.7 Å². The zero-order valence-electron chi connectivity index (χ0n) is 14.3. The van der Waals surface area contributed by atoms with Crippen molar-refractivity contribution < 1.29 is 12.8 Å². The molecule has 132 valence electrons. The predicted molar refractivity (Wildman–Crippen MR) is 96.0 cm³/mol. The molecule has 0 saturated heterocycles. The summed E-state index contributed by atoms with van der Waals surface area (Å²) in [5, 5.41) is 0. The smallest absolute Gasteiger partial charge is 0.175 e. The molecule has 0 radical (unpaired) electrons. The molecule has 0 fully saturated rings. The molecule has 0 bridgehead atoms. The van der Waals surface area contributed by atoms with Gasteiger partial charge in [0, 0.05) is 25.4 Å². The predicted octanol–water partition coefficient (Wildman–Crippen LogP) is 3.32. The van der Waals surface area contributed by atoms with Crippen LogP contribution in [-0.2, 0) is 29.1 Å². The first-order chi connectivity index (χ1) is 11.9. The van der Waals surface area contributed by atoms with Crippen LogP contribution in [0.25, 0.3) is 0 Å². The van der Waals surface area contributed by atoms with Gasteiger partial charge in [0.15, 0.2) is 9.84 Å². The Morgan fingerprint density at radius 1 is 1.04 bits per heavy atom. The summed E-state index contributed by atoms with van der Waals surface area (Å²) in [6.07, 6.45) is 4.75. The van der Waals surface area contributed by atoms with Crippen molar-refractivity contribution in [2.75, 3.05) is 19.3 Å². The highest BCUT2D eigenvalue weighted by Gasteiger charge is 2.30. The van der Waals surface area contributed by atoms with Gasteiger partial charge in [-0.25, -0.2) is 12.8 Å². The van der Waals surface area contributed by atoms with Gasteiger partial charge in [-0.05, 0) is 66.1 Å². The highest BCUT2D eigenvalue weighted by Crippen LogP contribution is 2.38.